The molecule has 5 N–H and O–H groups in total. The Hall–Kier alpha value is -2.86. The van der Waals surface area contributed by atoms with Gasteiger partial charge in [-0.05, 0) is 31.0 Å². The standard InChI is InChI=1S/C18H22N4O2/c1-13-6-8-14(9-7-13)10-11-21-17(23)12-22(20)18(24)15-4-2-3-5-16(15)19/h2-9H,10-12,19-20H2,1H3,(H,21,23). The summed E-state index contributed by atoms with van der Waals surface area (Å²) in [5, 5.41) is 3.62. The summed E-state index contributed by atoms with van der Waals surface area (Å²) in [7, 11) is 0. The second kappa shape index (κ2) is 8.12. The summed E-state index contributed by atoms with van der Waals surface area (Å²) in [6.45, 7) is 2.29. The maximum absolute atomic E-state index is 12.2. The van der Waals surface area contributed by atoms with E-state index in [9.17, 15) is 9.59 Å². The van der Waals surface area contributed by atoms with E-state index in [1.807, 2.05) is 31.2 Å². The molecule has 0 radical (unpaired) electrons. The second-order valence-corrected chi connectivity index (χ2v) is 5.61. The van der Waals surface area contributed by atoms with E-state index in [0.717, 1.165) is 17.0 Å². The largest absolute Gasteiger partial charge is 0.398 e. The lowest BCUT2D eigenvalue weighted by atomic mass is 10.1. The Morgan fingerprint density at radius 2 is 1.75 bits per heavy atom. The van der Waals surface area contributed by atoms with Crippen molar-refractivity contribution in [3.63, 3.8) is 0 Å². The monoisotopic (exact) mass is 326 g/mol. The number of para-hydroxylation sites is 1. The number of hydrogen-bond acceptors (Lipinski definition) is 4. The molecule has 2 amide bonds. The van der Waals surface area contributed by atoms with E-state index in [2.05, 4.69) is 5.32 Å². The fourth-order valence-electron chi connectivity index (χ4n) is 2.23. The lowest BCUT2D eigenvalue weighted by Crippen LogP contribution is -2.45. The lowest BCUT2D eigenvalue weighted by Gasteiger charge is -2.17. The van der Waals surface area contributed by atoms with Gasteiger partial charge in [0.15, 0.2) is 0 Å². The third-order valence-electron chi connectivity index (χ3n) is 3.62. The Kier molecular flexibility index (Phi) is 5.92. The fraction of sp³-hybridized carbons (Fsp3) is 0.222. The number of carbonyl (C=O) groups excluding carboxylic acids is 2. The second-order valence-electron chi connectivity index (χ2n) is 5.61. The minimum Gasteiger partial charge on any atom is -0.398 e. The van der Waals surface area contributed by atoms with Crippen LogP contribution in [0.4, 0.5) is 5.69 Å². The number of carbonyl (C=O) groups is 2. The molecular weight excluding hydrogens is 304 g/mol. The van der Waals surface area contributed by atoms with Crippen LogP contribution in [0.3, 0.4) is 0 Å². The Morgan fingerprint density at radius 3 is 2.42 bits per heavy atom. The van der Waals surface area contributed by atoms with Gasteiger partial charge in [-0.25, -0.2) is 5.84 Å². The van der Waals surface area contributed by atoms with Gasteiger partial charge < -0.3 is 11.1 Å². The highest BCUT2D eigenvalue weighted by atomic mass is 16.2. The highest BCUT2D eigenvalue weighted by molar-refractivity contribution is 6.00. The summed E-state index contributed by atoms with van der Waals surface area (Å²) in [5.41, 5.74) is 8.69. The highest BCUT2D eigenvalue weighted by Crippen LogP contribution is 2.11. The zero-order valence-electron chi connectivity index (χ0n) is 13.7. The van der Waals surface area contributed by atoms with Crippen molar-refractivity contribution in [3.05, 3.63) is 65.2 Å². The molecule has 0 saturated carbocycles. The van der Waals surface area contributed by atoms with Crippen molar-refractivity contribution in [2.75, 3.05) is 18.8 Å². The number of nitrogens with two attached hydrogens (primary N) is 2. The number of nitrogen functional groups attached to an aromatic ring is 1. The number of anilines is 1. The Morgan fingerprint density at radius 1 is 1.08 bits per heavy atom. The van der Waals surface area contributed by atoms with E-state index in [1.54, 1.807) is 24.3 Å². The van der Waals surface area contributed by atoms with E-state index in [1.165, 1.54) is 5.56 Å². The number of hydrogen-bond donors (Lipinski definition) is 3. The normalized spacial score (nSPS) is 10.2. The van der Waals surface area contributed by atoms with E-state index < -0.39 is 5.91 Å². The minimum atomic E-state index is -0.484. The van der Waals surface area contributed by atoms with Gasteiger partial charge in [-0.15, -0.1) is 0 Å². The van der Waals surface area contributed by atoms with Crippen LogP contribution in [0, 0.1) is 6.92 Å². The van der Waals surface area contributed by atoms with Gasteiger partial charge in [0.25, 0.3) is 5.91 Å². The Bertz CT molecular complexity index is 713. The molecule has 0 aliphatic carbocycles. The first-order valence-electron chi connectivity index (χ1n) is 7.70. The molecule has 0 aliphatic rings. The maximum Gasteiger partial charge on any atom is 0.270 e. The van der Waals surface area contributed by atoms with Crippen molar-refractivity contribution >= 4 is 17.5 Å². The van der Waals surface area contributed by atoms with E-state index in [-0.39, 0.29) is 18.0 Å². The number of nitrogens with zero attached hydrogens (tertiary/aromatic N) is 1. The predicted octanol–water partition coefficient (Wildman–Crippen LogP) is 1.25. The van der Waals surface area contributed by atoms with Crippen molar-refractivity contribution in [3.8, 4) is 0 Å². The molecule has 0 aromatic heterocycles. The van der Waals surface area contributed by atoms with Crippen LogP contribution in [0.2, 0.25) is 0 Å². The number of amides is 2. The van der Waals surface area contributed by atoms with Crippen LogP contribution in [0.25, 0.3) is 0 Å². The predicted molar refractivity (Wildman–Crippen MR) is 94.0 cm³/mol. The van der Waals surface area contributed by atoms with Crippen LogP contribution >= 0.6 is 0 Å². The Labute approximate surface area is 141 Å². The third-order valence-corrected chi connectivity index (χ3v) is 3.62. The zero-order chi connectivity index (χ0) is 17.5. The van der Waals surface area contributed by atoms with Crippen LogP contribution in [-0.4, -0.2) is 29.9 Å². The van der Waals surface area contributed by atoms with Gasteiger partial charge >= 0.3 is 0 Å². The summed E-state index contributed by atoms with van der Waals surface area (Å²) in [4.78, 5) is 24.1. The van der Waals surface area contributed by atoms with E-state index in [0.29, 0.717) is 12.2 Å². The average molecular weight is 326 g/mol. The van der Waals surface area contributed by atoms with Gasteiger partial charge in [0.2, 0.25) is 5.91 Å². The summed E-state index contributed by atoms with van der Waals surface area (Å²) in [5.74, 6) is 4.89. The third kappa shape index (κ3) is 4.82. The van der Waals surface area contributed by atoms with E-state index in [4.69, 9.17) is 11.6 Å². The van der Waals surface area contributed by atoms with Gasteiger partial charge in [-0.2, -0.15) is 0 Å². The molecule has 0 bridgehead atoms. The molecule has 2 rings (SSSR count). The number of benzene rings is 2. The van der Waals surface area contributed by atoms with Crippen molar-refractivity contribution < 1.29 is 9.59 Å². The number of rotatable bonds is 6. The first kappa shape index (κ1) is 17.5. The van der Waals surface area contributed by atoms with Crippen LogP contribution in [-0.2, 0) is 11.2 Å². The smallest absolute Gasteiger partial charge is 0.270 e. The molecule has 126 valence electrons. The number of hydrazine groups is 1. The fourth-order valence-corrected chi connectivity index (χ4v) is 2.23. The lowest BCUT2D eigenvalue weighted by molar-refractivity contribution is -0.121. The summed E-state index contributed by atoms with van der Waals surface area (Å²) < 4.78 is 0. The van der Waals surface area contributed by atoms with Gasteiger partial charge in [0.1, 0.15) is 6.54 Å². The summed E-state index contributed by atoms with van der Waals surface area (Å²) in [6, 6.07) is 14.7. The molecule has 6 nitrogen and oxygen atoms in total. The van der Waals surface area contributed by atoms with Crippen LogP contribution in [0.15, 0.2) is 48.5 Å². The molecule has 2 aromatic rings. The van der Waals surface area contributed by atoms with Crippen molar-refractivity contribution in [2.45, 2.75) is 13.3 Å². The molecule has 0 heterocycles. The minimum absolute atomic E-state index is 0.221. The first-order valence-corrected chi connectivity index (χ1v) is 7.70. The molecule has 0 spiro atoms. The molecule has 0 aliphatic heterocycles. The molecule has 0 saturated heterocycles. The van der Waals surface area contributed by atoms with Crippen LogP contribution in [0.5, 0.6) is 0 Å². The molecule has 24 heavy (non-hydrogen) atoms. The van der Waals surface area contributed by atoms with Gasteiger partial charge in [-0.3, -0.25) is 14.6 Å². The number of nitrogens with one attached hydrogen (secondary N) is 1. The van der Waals surface area contributed by atoms with Crippen LogP contribution < -0.4 is 16.9 Å². The average Bonchev–Trinajstić information content (AvgIpc) is 2.56. The number of aryl methyl sites for hydroxylation is 1. The molecule has 0 fully saturated rings. The van der Waals surface area contributed by atoms with Crippen molar-refractivity contribution in [2.24, 2.45) is 5.84 Å². The Balaban J connectivity index is 1.80. The van der Waals surface area contributed by atoms with Crippen molar-refractivity contribution in [1.29, 1.82) is 0 Å². The molecule has 6 heteroatoms. The highest BCUT2D eigenvalue weighted by Gasteiger charge is 2.17. The van der Waals surface area contributed by atoms with Crippen LogP contribution in [0.1, 0.15) is 21.5 Å². The SMILES string of the molecule is Cc1ccc(CCNC(=O)CN(N)C(=O)c2ccccc2N)cc1. The summed E-state index contributed by atoms with van der Waals surface area (Å²) in [6.07, 6.45) is 0.718. The topological polar surface area (TPSA) is 101 Å². The molecule has 2 aromatic carbocycles. The summed E-state index contributed by atoms with van der Waals surface area (Å²) >= 11 is 0. The first-order chi connectivity index (χ1) is 11.5. The van der Waals surface area contributed by atoms with Gasteiger partial charge in [0, 0.05) is 12.2 Å². The molecule has 0 unspecified atom stereocenters. The molecule has 0 atom stereocenters. The van der Waals surface area contributed by atoms with Gasteiger partial charge in [-0.1, -0.05) is 42.0 Å². The van der Waals surface area contributed by atoms with Crippen molar-refractivity contribution in [1.82, 2.24) is 10.3 Å². The van der Waals surface area contributed by atoms with Gasteiger partial charge in [0.05, 0.1) is 5.56 Å². The van der Waals surface area contributed by atoms with E-state index >= 15 is 0 Å². The molecular formula is C18H22N4O2. The quantitative estimate of drug-likeness (QED) is 0.322. The zero-order valence-corrected chi connectivity index (χ0v) is 13.7. The maximum atomic E-state index is 12.2.